The van der Waals surface area contributed by atoms with Crippen molar-refractivity contribution in [3.63, 3.8) is 0 Å². The van der Waals surface area contributed by atoms with Crippen LogP contribution in [0.15, 0.2) is 0 Å². The molecule has 0 aromatic rings. The number of rotatable bonds is 10. The summed E-state index contributed by atoms with van der Waals surface area (Å²) >= 11 is 0. The Bertz CT molecular complexity index is 266. The van der Waals surface area contributed by atoms with Crippen LogP contribution < -0.4 is 11.1 Å². The van der Waals surface area contributed by atoms with E-state index in [0.717, 1.165) is 6.42 Å². The second-order valence-corrected chi connectivity index (χ2v) is 3.87. The van der Waals surface area contributed by atoms with Gasteiger partial charge in [0.25, 0.3) is 0 Å². The minimum absolute atomic E-state index is 0.0746. The van der Waals surface area contributed by atoms with Gasteiger partial charge in [0.15, 0.2) is 0 Å². The number of amides is 2. The van der Waals surface area contributed by atoms with Crippen LogP contribution in [0.3, 0.4) is 0 Å². The average Bonchev–Trinajstić information content (AvgIpc) is 2.23. The third-order valence-electron chi connectivity index (χ3n) is 2.22. The van der Waals surface area contributed by atoms with Crippen LogP contribution >= 0.6 is 0 Å². The first-order chi connectivity index (χ1) is 8.02. The molecule has 4 N–H and O–H groups in total. The lowest BCUT2D eigenvalue weighted by Crippen LogP contribution is -2.24. The minimum atomic E-state index is -0.836. The number of hydrogen-bond donors (Lipinski definition) is 3. The summed E-state index contributed by atoms with van der Waals surface area (Å²) in [7, 11) is 0. The van der Waals surface area contributed by atoms with Crippen molar-refractivity contribution in [3.05, 3.63) is 0 Å². The Kier molecular flexibility index (Phi) is 8.72. The number of primary amides is 1. The molecule has 0 spiro atoms. The summed E-state index contributed by atoms with van der Waals surface area (Å²) in [5, 5.41) is 11.1. The molecule has 17 heavy (non-hydrogen) atoms. The highest BCUT2D eigenvalue weighted by Crippen LogP contribution is 2.00. The molecule has 0 atom stereocenters. The zero-order valence-corrected chi connectivity index (χ0v) is 9.91. The first-order valence-corrected chi connectivity index (χ1v) is 5.79. The molecular weight excluding hydrogens is 224 g/mol. The fourth-order valence-corrected chi connectivity index (χ4v) is 1.30. The lowest BCUT2D eigenvalue weighted by molar-refractivity contribution is -0.137. The second-order valence-electron chi connectivity index (χ2n) is 3.87. The molecule has 98 valence electrons. The number of unbranched alkanes of at least 4 members (excludes halogenated alkanes) is 2. The Morgan fingerprint density at radius 2 is 1.53 bits per heavy atom. The van der Waals surface area contributed by atoms with E-state index in [4.69, 9.17) is 10.8 Å². The van der Waals surface area contributed by atoms with E-state index in [0.29, 0.717) is 38.6 Å². The number of aliphatic carboxylic acids is 1. The van der Waals surface area contributed by atoms with Crippen molar-refractivity contribution < 1.29 is 19.5 Å². The lowest BCUT2D eigenvalue weighted by Gasteiger charge is -2.04. The van der Waals surface area contributed by atoms with Crippen LogP contribution in [0.1, 0.15) is 44.9 Å². The Labute approximate surface area is 101 Å². The molecule has 0 saturated heterocycles. The van der Waals surface area contributed by atoms with Gasteiger partial charge < -0.3 is 16.2 Å². The first-order valence-electron chi connectivity index (χ1n) is 5.79. The third kappa shape index (κ3) is 12.3. The molecule has 0 heterocycles. The molecule has 0 unspecified atom stereocenters. The van der Waals surface area contributed by atoms with Crippen LogP contribution in [-0.4, -0.2) is 29.4 Å². The Balaban J connectivity index is 3.29. The van der Waals surface area contributed by atoms with Gasteiger partial charge in [-0.05, 0) is 25.7 Å². The minimum Gasteiger partial charge on any atom is -0.481 e. The summed E-state index contributed by atoms with van der Waals surface area (Å²) in [6, 6.07) is 0. The van der Waals surface area contributed by atoms with Crippen LogP contribution in [-0.2, 0) is 14.4 Å². The fraction of sp³-hybridized carbons (Fsp3) is 0.727. The normalized spacial score (nSPS) is 9.88. The molecule has 0 aromatic carbocycles. The first kappa shape index (κ1) is 15.4. The summed E-state index contributed by atoms with van der Waals surface area (Å²) in [6.45, 7) is 0.533. The number of carbonyl (C=O) groups excluding carboxylic acids is 2. The molecule has 0 fully saturated rings. The maximum absolute atomic E-state index is 11.2. The quantitative estimate of drug-likeness (QED) is 0.483. The maximum Gasteiger partial charge on any atom is 0.303 e. The molecule has 2 amide bonds. The molecule has 0 rings (SSSR count). The number of carboxylic acid groups (broad SMARTS) is 1. The molecule has 0 aliphatic rings. The summed E-state index contributed by atoms with van der Waals surface area (Å²) in [6.07, 6.45) is 3.30. The smallest absolute Gasteiger partial charge is 0.303 e. The third-order valence-corrected chi connectivity index (χ3v) is 2.22. The van der Waals surface area contributed by atoms with Gasteiger partial charge in [-0.2, -0.15) is 0 Å². The van der Waals surface area contributed by atoms with Gasteiger partial charge in [0.05, 0.1) is 0 Å². The van der Waals surface area contributed by atoms with E-state index in [1.165, 1.54) is 0 Å². The highest BCUT2D eigenvalue weighted by molar-refractivity contribution is 5.76. The van der Waals surface area contributed by atoms with Crippen molar-refractivity contribution in [3.8, 4) is 0 Å². The summed E-state index contributed by atoms with van der Waals surface area (Å²) in [4.78, 5) is 31.9. The SMILES string of the molecule is NC(=O)CCCCNC(=O)CCCCC(=O)O. The number of nitrogens with two attached hydrogens (primary N) is 1. The molecule has 0 bridgehead atoms. The molecule has 6 heteroatoms. The topological polar surface area (TPSA) is 109 Å². The zero-order chi connectivity index (χ0) is 13.1. The maximum atomic E-state index is 11.2. The van der Waals surface area contributed by atoms with Gasteiger partial charge in [-0.15, -0.1) is 0 Å². The van der Waals surface area contributed by atoms with E-state index >= 15 is 0 Å². The second kappa shape index (κ2) is 9.62. The number of carbonyl (C=O) groups is 3. The number of carboxylic acids is 1. The molecule has 0 aliphatic carbocycles. The average molecular weight is 244 g/mol. The van der Waals surface area contributed by atoms with Crippen molar-refractivity contribution >= 4 is 17.8 Å². The fourth-order valence-electron chi connectivity index (χ4n) is 1.30. The molecular formula is C11H20N2O4. The van der Waals surface area contributed by atoms with Crippen LogP contribution in [0.2, 0.25) is 0 Å². The van der Waals surface area contributed by atoms with E-state index in [1.807, 2.05) is 0 Å². The molecule has 0 aliphatic heterocycles. The van der Waals surface area contributed by atoms with Gasteiger partial charge >= 0.3 is 5.97 Å². The molecule has 0 radical (unpaired) electrons. The summed E-state index contributed by atoms with van der Waals surface area (Å²) in [5.41, 5.74) is 4.97. The van der Waals surface area contributed by atoms with E-state index in [-0.39, 0.29) is 18.2 Å². The molecule has 6 nitrogen and oxygen atoms in total. The Morgan fingerprint density at radius 1 is 0.941 bits per heavy atom. The van der Waals surface area contributed by atoms with Crippen LogP contribution in [0.25, 0.3) is 0 Å². The van der Waals surface area contributed by atoms with E-state index in [1.54, 1.807) is 0 Å². The van der Waals surface area contributed by atoms with Crippen molar-refractivity contribution in [2.75, 3.05) is 6.54 Å². The Hall–Kier alpha value is -1.59. The van der Waals surface area contributed by atoms with E-state index in [9.17, 15) is 14.4 Å². The van der Waals surface area contributed by atoms with Crippen LogP contribution in [0, 0.1) is 0 Å². The van der Waals surface area contributed by atoms with Gasteiger partial charge in [0, 0.05) is 25.8 Å². The van der Waals surface area contributed by atoms with Crippen molar-refractivity contribution in [1.82, 2.24) is 5.32 Å². The van der Waals surface area contributed by atoms with Gasteiger partial charge in [0.1, 0.15) is 0 Å². The molecule has 0 aromatic heterocycles. The van der Waals surface area contributed by atoms with Gasteiger partial charge in [-0.1, -0.05) is 0 Å². The Morgan fingerprint density at radius 3 is 2.12 bits per heavy atom. The summed E-state index contributed by atoms with van der Waals surface area (Å²) in [5.74, 6) is -1.24. The predicted octanol–water partition coefficient (Wildman–Crippen LogP) is 0.403. The lowest BCUT2D eigenvalue weighted by atomic mass is 10.2. The van der Waals surface area contributed by atoms with Gasteiger partial charge in [-0.25, -0.2) is 0 Å². The van der Waals surface area contributed by atoms with Crippen molar-refractivity contribution in [1.29, 1.82) is 0 Å². The van der Waals surface area contributed by atoms with E-state index < -0.39 is 5.97 Å². The predicted molar refractivity (Wildman–Crippen MR) is 62.2 cm³/mol. The number of nitrogens with one attached hydrogen (secondary N) is 1. The van der Waals surface area contributed by atoms with Gasteiger partial charge in [-0.3, -0.25) is 14.4 Å². The highest BCUT2D eigenvalue weighted by atomic mass is 16.4. The zero-order valence-electron chi connectivity index (χ0n) is 9.91. The van der Waals surface area contributed by atoms with Crippen molar-refractivity contribution in [2.24, 2.45) is 5.73 Å². The molecule has 0 saturated carbocycles. The van der Waals surface area contributed by atoms with Crippen LogP contribution in [0.4, 0.5) is 0 Å². The number of hydrogen-bond acceptors (Lipinski definition) is 3. The standard InChI is InChI=1S/C11H20N2O4/c12-9(14)5-3-4-8-13-10(15)6-1-2-7-11(16)17/h1-8H2,(H2,12,14)(H,13,15)(H,16,17). The monoisotopic (exact) mass is 244 g/mol. The van der Waals surface area contributed by atoms with Crippen LogP contribution in [0.5, 0.6) is 0 Å². The largest absolute Gasteiger partial charge is 0.481 e. The highest BCUT2D eigenvalue weighted by Gasteiger charge is 2.02. The summed E-state index contributed by atoms with van der Waals surface area (Å²) < 4.78 is 0. The van der Waals surface area contributed by atoms with Gasteiger partial charge in [0.2, 0.25) is 11.8 Å². The van der Waals surface area contributed by atoms with Crippen molar-refractivity contribution in [2.45, 2.75) is 44.9 Å². The van der Waals surface area contributed by atoms with E-state index in [2.05, 4.69) is 5.32 Å².